The zero-order chi connectivity index (χ0) is 14.9. The van der Waals surface area contributed by atoms with Crippen molar-refractivity contribution in [3.8, 4) is 0 Å². The van der Waals surface area contributed by atoms with Crippen molar-refractivity contribution < 1.29 is 9.59 Å². The van der Waals surface area contributed by atoms with Crippen LogP contribution in [-0.2, 0) is 21.4 Å². The van der Waals surface area contributed by atoms with Crippen LogP contribution >= 0.6 is 0 Å². The molecule has 0 spiro atoms. The van der Waals surface area contributed by atoms with Gasteiger partial charge in [-0.05, 0) is 23.0 Å². The number of nitrogens with two attached hydrogens (primary N) is 1. The van der Waals surface area contributed by atoms with Gasteiger partial charge in [-0.15, -0.1) is 0 Å². The first kappa shape index (κ1) is 14.7. The van der Waals surface area contributed by atoms with E-state index in [0.29, 0.717) is 13.0 Å². The van der Waals surface area contributed by atoms with Crippen LogP contribution in [-0.4, -0.2) is 29.3 Å². The number of rotatable bonds is 3. The van der Waals surface area contributed by atoms with Gasteiger partial charge in [0.05, 0.1) is 12.5 Å². The minimum atomic E-state index is -0.647. The Kier molecular flexibility index (Phi) is 3.95. The molecule has 1 heterocycles. The van der Waals surface area contributed by atoms with Gasteiger partial charge in [0.1, 0.15) is 0 Å². The Morgan fingerprint density at radius 2 is 1.80 bits per heavy atom. The maximum atomic E-state index is 11.7. The molecule has 1 aromatic carbocycles. The summed E-state index contributed by atoms with van der Waals surface area (Å²) in [6, 6.07) is 7.69. The van der Waals surface area contributed by atoms with Crippen molar-refractivity contribution in [1.82, 2.24) is 4.90 Å². The number of carbonyl (C=O) groups is 2. The first-order chi connectivity index (χ1) is 9.29. The number of hydrogen-bond donors (Lipinski definition) is 1. The first-order valence-corrected chi connectivity index (χ1v) is 6.98. The first-order valence-electron chi connectivity index (χ1n) is 6.98. The predicted molar refractivity (Wildman–Crippen MR) is 78.2 cm³/mol. The monoisotopic (exact) mass is 274 g/mol. The largest absolute Gasteiger partial charge is 0.319 e. The molecule has 0 radical (unpaired) electrons. The molecular formula is C16H22N2O2. The molecule has 1 aromatic rings. The third-order valence-electron chi connectivity index (χ3n) is 3.72. The van der Waals surface area contributed by atoms with E-state index in [9.17, 15) is 9.59 Å². The molecule has 1 atom stereocenters. The van der Waals surface area contributed by atoms with Crippen molar-refractivity contribution in [3.63, 3.8) is 0 Å². The molecule has 2 amide bonds. The fourth-order valence-corrected chi connectivity index (χ4v) is 2.36. The second-order valence-electron chi connectivity index (χ2n) is 6.39. The Hall–Kier alpha value is -1.68. The molecule has 108 valence electrons. The number of carbonyl (C=O) groups excluding carboxylic acids is 2. The normalized spacial score (nSPS) is 19.8. The zero-order valence-electron chi connectivity index (χ0n) is 12.3. The highest BCUT2D eigenvalue weighted by Gasteiger charge is 2.35. The molecule has 1 unspecified atom stereocenters. The van der Waals surface area contributed by atoms with Crippen molar-refractivity contribution in [2.75, 3.05) is 6.54 Å². The van der Waals surface area contributed by atoms with Gasteiger partial charge in [0.25, 0.3) is 0 Å². The Morgan fingerprint density at radius 1 is 1.20 bits per heavy atom. The predicted octanol–water partition coefficient (Wildman–Crippen LogP) is 1.61. The lowest BCUT2D eigenvalue weighted by Gasteiger charge is -2.19. The van der Waals surface area contributed by atoms with Crippen molar-refractivity contribution in [2.45, 2.75) is 45.1 Å². The van der Waals surface area contributed by atoms with Crippen LogP contribution in [0.2, 0.25) is 0 Å². The zero-order valence-corrected chi connectivity index (χ0v) is 12.3. The van der Waals surface area contributed by atoms with E-state index in [4.69, 9.17) is 5.73 Å². The molecule has 20 heavy (non-hydrogen) atoms. The third kappa shape index (κ3) is 3.07. The highest BCUT2D eigenvalue weighted by atomic mass is 16.2. The number of benzene rings is 1. The summed E-state index contributed by atoms with van der Waals surface area (Å²) in [7, 11) is 0. The van der Waals surface area contributed by atoms with E-state index in [0.717, 1.165) is 5.56 Å². The smallest absolute Gasteiger partial charge is 0.246 e. The summed E-state index contributed by atoms with van der Waals surface area (Å²) in [5.74, 6) is -0.407. The average molecular weight is 274 g/mol. The molecule has 1 fully saturated rings. The number of hydrogen-bond acceptors (Lipinski definition) is 3. The number of imide groups is 1. The van der Waals surface area contributed by atoms with Gasteiger partial charge in [-0.3, -0.25) is 14.5 Å². The topological polar surface area (TPSA) is 63.4 Å². The standard InChI is InChI=1S/C16H22N2O2/c1-16(2,3)12-6-4-11(5-7-12)8-9-18-14(19)10-13(17)15(18)20/h4-7,13H,8-10,17H2,1-3H3. The number of amides is 2. The van der Waals surface area contributed by atoms with Crippen molar-refractivity contribution in [3.05, 3.63) is 35.4 Å². The lowest BCUT2D eigenvalue weighted by Crippen LogP contribution is -2.36. The molecule has 2 rings (SSSR count). The summed E-state index contributed by atoms with van der Waals surface area (Å²) in [6.07, 6.45) is 0.816. The van der Waals surface area contributed by atoms with Gasteiger partial charge in [-0.25, -0.2) is 0 Å². The second kappa shape index (κ2) is 5.37. The van der Waals surface area contributed by atoms with Crippen LogP contribution in [0.4, 0.5) is 0 Å². The Balaban J connectivity index is 1.98. The van der Waals surface area contributed by atoms with Crippen molar-refractivity contribution >= 4 is 11.8 Å². The Labute approximate surface area is 119 Å². The SMILES string of the molecule is CC(C)(C)c1ccc(CCN2C(=O)CC(N)C2=O)cc1. The van der Waals surface area contributed by atoms with Crippen LogP contribution in [0.15, 0.2) is 24.3 Å². The van der Waals surface area contributed by atoms with E-state index in [2.05, 4.69) is 45.0 Å². The molecule has 0 saturated carbocycles. The van der Waals surface area contributed by atoms with Gasteiger partial charge < -0.3 is 5.73 Å². The molecule has 1 aliphatic rings. The van der Waals surface area contributed by atoms with Crippen molar-refractivity contribution in [2.24, 2.45) is 5.73 Å². The Bertz CT molecular complexity index is 514. The third-order valence-corrected chi connectivity index (χ3v) is 3.72. The maximum absolute atomic E-state index is 11.7. The van der Waals surface area contributed by atoms with Gasteiger partial charge >= 0.3 is 0 Å². The second-order valence-corrected chi connectivity index (χ2v) is 6.39. The minimum absolute atomic E-state index is 0.131. The van der Waals surface area contributed by atoms with Gasteiger partial charge in [0.15, 0.2) is 0 Å². The number of nitrogens with zero attached hydrogens (tertiary/aromatic N) is 1. The van der Waals surface area contributed by atoms with E-state index >= 15 is 0 Å². The summed E-state index contributed by atoms with van der Waals surface area (Å²) in [5, 5.41) is 0. The fourth-order valence-electron chi connectivity index (χ4n) is 2.36. The average Bonchev–Trinajstić information content (AvgIpc) is 2.61. The van der Waals surface area contributed by atoms with E-state index in [1.807, 2.05) is 0 Å². The van der Waals surface area contributed by atoms with E-state index < -0.39 is 6.04 Å². The van der Waals surface area contributed by atoms with Gasteiger partial charge in [0.2, 0.25) is 11.8 Å². The summed E-state index contributed by atoms with van der Waals surface area (Å²) < 4.78 is 0. The quantitative estimate of drug-likeness (QED) is 0.852. The lowest BCUT2D eigenvalue weighted by molar-refractivity contribution is -0.138. The van der Waals surface area contributed by atoms with Crippen LogP contribution < -0.4 is 5.73 Å². The van der Waals surface area contributed by atoms with Crippen LogP contribution in [0, 0.1) is 0 Å². The van der Waals surface area contributed by atoms with E-state index in [-0.39, 0.29) is 23.7 Å². The fraction of sp³-hybridized carbons (Fsp3) is 0.500. The molecular weight excluding hydrogens is 252 g/mol. The summed E-state index contributed by atoms with van der Waals surface area (Å²) >= 11 is 0. The molecule has 0 aliphatic carbocycles. The maximum Gasteiger partial charge on any atom is 0.246 e. The van der Waals surface area contributed by atoms with Gasteiger partial charge in [-0.1, -0.05) is 45.0 Å². The highest BCUT2D eigenvalue weighted by molar-refractivity contribution is 6.05. The lowest BCUT2D eigenvalue weighted by atomic mass is 9.86. The molecule has 1 aliphatic heterocycles. The van der Waals surface area contributed by atoms with Gasteiger partial charge in [-0.2, -0.15) is 0 Å². The summed E-state index contributed by atoms with van der Waals surface area (Å²) in [6.45, 7) is 6.93. The molecule has 2 N–H and O–H groups in total. The van der Waals surface area contributed by atoms with Crippen LogP contribution in [0.1, 0.15) is 38.3 Å². The van der Waals surface area contributed by atoms with Crippen LogP contribution in [0.3, 0.4) is 0 Å². The van der Waals surface area contributed by atoms with E-state index in [1.54, 1.807) is 0 Å². The van der Waals surface area contributed by atoms with Crippen LogP contribution in [0.5, 0.6) is 0 Å². The summed E-state index contributed by atoms with van der Waals surface area (Å²) in [5.41, 5.74) is 8.11. The minimum Gasteiger partial charge on any atom is -0.319 e. The van der Waals surface area contributed by atoms with Crippen LogP contribution in [0.25, 0.3) is 0 Å². The molecule has 0 bridgehead atoms. The molecule has 4 heteroatoms. The van der Waals surface area contributed by atoms with E-state index in [1.165, 1.54) is 10.5 Å². The van der Waals surface area contributed by atoms with Gasteiger partial charge in [0, 0.05) is 6.54 Å². The Morgan fingerprint density at radius 3 is 2.25 bits per heavy atom. The molecule has 0 aromatic heterocycles. The van der Waals surface area contributed by atoms with Crippen molar-refractivity contribution in [1.29, 1.82) is 0 Å². The molecule has 1 saturated heterocycles. The molecule has 4 nitrogen and oxygen atoms in total. The number of likely N-dealkylation sites (tertiary alicyclic amines) is 1. The summed E-state index contributed by atoms with van der Waals surface area (Å²) in [4.78, 5) is 24.6. The highest BCUT2D eigenvalue weighted by Crippen LogP contribution is 2.22.